The molecular weight excluding hydrogens is 274 g/mol. The Balaban J connectivity index is 1.61. The van der Waals surface area contributed by atoms with E-state index in [1.54, 1.807) is 7.11 Å². The van der Waals surface area contributed by atoms with Crippen LogP contribution >= 0.6 is 0 Å². The lowest BCUT2D eigenvalue weighted by Gasteiger charge is -2.24. The van der Waals surface area contributed by atoms with Crippen molar-refractivity contribution in [3.8, 4) is 5.75 Å². The quantitative estimate of drug-likeness (QED) is 0.891. The molecule has 0 bridgehead atoms. The second kappa shape index (κ2) is 6.51. The Bertz CT molecular complexity index is 599. The molecule has 2 N–H and O–H groups in total. The summed E-state index contributed by atoms with van der Waals surface area (Å²) in [7, 11) is 1.65. The Morgan fingerprint density at radius 3 is 2.18 bits per heavy atom. The van der Waals surface area contributed by atoms with Crippen LogP contribution in [-0.2, 0) is 12.8 Å². The summed E-state index contributed by atoms with van der Waals surface area (Å²) in [5.74, 6) is 0.808. The SMILES string of the molecule is COc1ccc(C(O)C(C)NC2Cc3ccccc3C2)cc1. The maximum absolute atomic E-state index is 10.5. The molecule has 1 aliphatic rings. The van der Waals surface area contributed by atoms with Gasteiger partial charge < -0.3 is 15.2 Å². The maximum Gasteiger partial charge on any atom is 0.118 e. The van der Waals surface area contributed by atoms with Gasteiger partial charge in [0.05, 0.1) is 13.2 Å². The number of hydrogen-bond donors (Lipinski definition) is 2. The normalized spacial score (nSPS) is 17.0. The lowest BCUT2D eigenvalue weighted by atomic mass is 10.0. The van der Waals surface area contributed by atoms with Crippen molar-refractivity contribution < 1.29 is 9.84 Å². The smallest absolute Gasteiger partial charge is 0.118 e. The lowest BCUT2D eigenvalue weighted by Crippen LogP contribution is -2.40. The van der Waals surface area contributed by atoms with Crippen LogP contribution in [0, 0.1) is 0 Å². The Hall–Kier alpha value is -1.84. The Morgan fingerprint density at radius 2 is 1.64 bits per heavy atom. The molecular formula is C19H23NO2. The van der Waals surface area contributed by atoms with E-state index in [4.69, 9.17) is 4.74 Å². The van der Waals surface area contributed by atoms with Gasteiger partial charge in [-0.25, -0.2) is 0 Å². The first-order chi connectivity index (χ1) is 10.7. The van der Waals surface area contributed by atoms with Gasteiger partial charge in [-0.3, -0.25) is 0 Å². The van der Waals surface area contributed by atoms with E-state index in [0.717, 1.165) is 24.2 Å². The minimum absolute atomic E-state index is 0.00714. The van der Waals surface area contributed by atoms with Gasteiger partial charge in [0.1, 0.15) is 5.75 Å². The molecule has 2 atom stereocenters. The molecule has 0 radical (unpaired) electrons. The van der Waals surface area contributed by atoms with Crippen molar-refractivity contribution in [1.82, 2.24) is 5.32 Å². The number of aliphatic hydroxyl groups is 1. The fourth-order valence-corrected chi connectivity index (χ4v) is 3.23. The Morgan fingerprint density at radius 1 is 1.05 bits per heavy atom. The first-order valence-electron chi connectivity index (χ1n) is 7.82. The van der Waals surface area contributed by atoms with Crippen LogP contribution in [0.5, 0.6) is 5.75 Å². The van der Waals surface area contributed by atoms with E-state index in [0.29, 0.717) is 6.04 Å². The average molecular weight is 297 g/mol. The fourth-order valence-electron chi connectivity index (χ4n) is 3.23. The molecule has 1 aliphatic carbocycles. The molecule has 116 valence electrons. The number of aliphatic hydroxyl groups excluding tert-OH is 1. The van der Waals surface area contributed by atoms with Gasteiger partial charge in [-0.2, -0.15) is 0 Å². The summed E-state index contributed by atoms with van der Waals surface area (Å²) in [6, 6.07) is 16.6. The summed E-state index contributed by atoms with van der Waals surface area (Å²) in [6.07, 6.45) is 1.56. The molecule has 0 amide bonds. The molecule has 22 heavy (non-hydrogen) atoms. The average Bonchev–Trinajstić information content (AvgIpc) is 2.96. The van der Waals surface area contributed by atoms with Crippen LogP contribution in [0.4, 0.5) is 0 Å². The zero-order chi connectivity index (χ0) is 15.5. The highest BCUT2D eigenvalue weighted by Crippen LogP contribution is 2.24. The van der Waals surface area contributed by atoms with Crippen LogP contribution < -0.4 is 10.1 Å². The van der Waals surface area contributed by atoms with Gasteiger partial charge in [0.2, 0.25) is 0 Å². The van der Waals surface area contributed by atoms with E-state index in [1.165, 1.54) is 11.1 Å². The van der Waals surface area contributed by atoms with Crippen LogP contribution in [0.25, 0.3) is 0 Å². The Labute approximate surface area is 131 Å². The second-order valence-electron chi connectivity index (χ2n) is 6.05. The summed E-state index contributed by atoms with van der Waals surface area (Å²) in [5.41, 5.74) is 3.76. The third-order valence-electron chi connectivity index (χ3n) is 4.48. The number of fused-ring (bicyclic) bond motifs is 1. The monoisotopic (exact) mass is 297 g/mol. The summed E-state index contributed by atoms with van der Waals surface area (Å²) in [5, 5.41) is 14.1. The van der Waals surface area contributed by atoms with E-state index in [1.807, 2.05) is 31.2 Å². The predicted molar refractivity (Wildman–Crippen MR) is 88.2 cm³/mol. The minimum Gasteiger partial charge on any atom is -0.497 e. The summed E-state index contributed by atoms with van der Waals surface area (Å²) in [6.45, 7) is 2.04. The molecule has 0 aromatic heterocycles. The topological polar surface area (TPSA) is 41.5 Å². The van der Waals surface area contributed by atoms with Gasteiger partial charge in [-0.05, 0) is 48.6 Å². The van der Waals surface area contributed by atoms with Gasteiger partial charge in [-0.15, -0.1) is 0 Å². The summed E-state index contributed by atoms with van der Waals surface area (Å²) in [4.78, 5) is 0. The first-order valence-corrected chi connectivity index (χ1v) is 7.82. The van der Waals surface area contributed by atoms with Gasteiger partial charge in [-0.1, -0.05) is 36.4 Å². The molecule has 3 nitrogen and oxygen atoms in total. The predicted octanol–water partition coefficient (Wildman–Crippen LogP) is 2.87. The van der Waals surface area contributed by atoms with Crippen LogP contribution in [-0.4, -0.2) is 24.3 Å². The van der Waals surface area contributed by atoms with Crippen molar-refractivity contribution >= 4 is 0 Å². The minimum atomic E-state index is -0.519. The molecule has 0 saturated carbocycles. The van der Waals surface area contributed by atoms with Crippen molar-refractivity contribution in [3.63, 3.8) is 0 Å². The second-order valence-corrected chi connectivity index (χ2v) is 6.05. The van der Waals surface area contributed by atoms with E-state index in [-0.39, 0.29) is 6.04 Å². The van der Waals surface area contributed by atoms with Crippen LogP contribution in [0.15, 0.2) is 48.5 Å². The van der Waals surface area contributed by atoms with Crippen molar-refractivity contribution in [2.45, 2.75) is 38.0 Å². The van der Waals surface area contributed by atoms with Gasteiger partial charge in [0, 0.05) is 12.1 Å². The van der Waals surface area contributed by atoms with Gasteiger partial charge in [0.25, 0.3) is 0 Å². The number of benzene rings is 2. The zero-order valence-corrected chi connectivity index (χ0v) is 13.1. The molecule has 2 aromatic carbocycles. The molecule has 0 aliphatic heterocycles. The third-order valence-corrected chi connectivity index (χ3v) is 4.48. The molecule has 3 heteroatoms. The highest BCUT2D eigenvalue weighted by atomic mass is 16.5. The fraction of sp³-hybridized carbons (Fsp3) is 0.368. The van der Waals surface area contributed by atoms with E-state index in [2.05, 4.69) is 29.6 Å². The van der Waals surface area contributed by atoms with Crippen molar-refractivity contribution in [2.75, 3.05) is 7.11 Å². The number of methoxy groups -OCH3 is 1. The largest absolute Gasteiger partial charge is 0.497 e. The van der Waals surface area contributed by atoms with Crippen LogP contribution in [0.1, 0.15) is 29.7 Å². The number of hydrogen-bond acceptors (Lipinski definition) is 3. The van der Waals surface area contributed by atoms with E-state index in [9.17, 15) is 5.11 Å². The highest BCUT2D eigenvalue weighted by Gasteiger charge is 2.25. The highest BCUT2D eigenvalue weighted by molar-refractivity contribution is 5.33. The molecule has 0 saturated heterocycles. The van der Waals surface area contributed by atoms with Crippen LogP contribution in [0.2, 0.25) is 0 Å². The molecule has 2 aromatic rings. The molecule has 3 rings (SSSR count). The molecule has 2 unspecified atom stereocenters. The number of rotatable bonds is 5. The van der Waals surface area contributed by atoms with Crippen molar-refractivity contribution in [3.05, 3.63) is 65.2 Å². The Kier molecular flexibility index (Phi) is 4.46. The van der Waals surface area contributed by atoms with E-state index >= 15 is 0 Å². The third kappa shape index (κ3) is 3.16. The first kappa shape index (κ1) is 15.1. The summed E-state index contributed by atoms with van der Waals surface area (Å²) >= 11 is 0. The van der Waals surface area contributed by atoms with Gasteiger partial charge >= 0.3 is 0 Å². The number of ether oxygens (including phenoxy) is 1. The zero-order valence-electron chi connectivity index (χ0n) is 13.1. The molecule has 0 heterocycles. The van der Waals surface area contributed by atoms with Crippen LogP contribution in [0.3, 0.4) is 0 Å². The lowest BCUT2D eigenvalue weighted by molar-refractivity contribution is 0.130. The van der Waals surface area contributed by atoms with Crippen molar-refractivity contribution in [2.24, 2.45) is 0 Å². The molecule has 0 spiro atoms. The maximum atomic E-state index is 10.5. The number of nitrogens with one attached hydrogen (secondary N) is 1. The molecule has 0 fully saturated rings. The summed E-state index contributed by atoms with van der Waals surface area (Å²) < 4.78 is 5.16. The standard InChI is InChI=1S/C19H23NO2/c1-13(19(21)14-7-9-18(22-2)10-8-14)20-17-11-15-5-3-4-6-16(15)12-17/h3-10,13,17,19-21H,11-12H2,1-2H3. The van der Waals surface area contributed by atoms with E-state index < -0.39 is 6.10 Å². The van der Waals surface area contributed by atoms with Crippen molar-refractivity contribution in [1.29, 1.82) is 0 Å². The van der Waals surface area contributed by atoms with Gasteiger partial charge in [0.15, 0.2) is 0 Å².